The molecule has 2 aromatic carbocycles. The lowest BCUT2D eigenvalue weighted by molar-refractivity contribution is -0.121. The summed E-state index contributed by atoms with van der Waals surface area (Å²) in [6.07, 6.45) is 0.399. The topological polar surface area (TPSA) is 93.3 Å². The van der Waals surface area contributed by atoms with Crippen LogP contribution in [-0.2, 0) is 10.2 Å². The number of ketones is 1. The number of hydrogen-bond donors (Lipinski definition) is 3. The summed E-state index contributed by atoms with van der Waals surface area (Å²) in [5.41, 5.74) is -0.800. The number of nitrogens with zero attached hydrogens (tertiary/aromatic N) is 1. The quantitative estimate of drug-likeness (QED) is 0.392. The SMILES string of the molecule is CC(C)(C)C[C@@H]1N[C@@H](C(=O)CCC[C@H](O)CO)[C@H](c2cccc(Cl)c2)[C@@]1(C#N)c1ccc(Cl)cc1F. The summed E-state index contributed by atoms with van der Waals surface area (Å²) in [6.45, 7) is 5.74. The number of carbonyl (C=O) groups excluding carboxylic acids is 1. The van der Waals surface area contributed by atoms with Crippen molar-refractivity contribution in [1.29, 1.82) is 5.26 Å². The number of aliphatic hydroxyl groups is 2. The van der Waals surface area contributed by atoms with E-state index in [4.69, 9.17) is 28.3 Å². The van der Waals surface area contributed by atoms with Crippen LogP contribution in [0.3, 0.4) is 0 Å². The van der Waals surface area contributed by atoms with E-state index in [-0.39, 0.29) is 41.2 Å². The molecule has 1 heterocycles. The standard InChI is InChI=1S/C28H33Cl2FN2O3/c1-27(2,3)14-24-28(16-32,21-11-10-19(30)13-22(21)31)25(17-6-4-7-18(29)12-17)26(33-24)23(36)9-5-8-20(35)15-34/h4,6-7,10-13,20,24-26,33-35H,5,8-9,14-15H2,1-3H3/t20-,24-,25-,26-,28-/m0/s1. The molecule has 36 heavy (non-hydrogen) atoms. The van der Waals surface area contributed by atoms with Gasteiger partial charge in [-0.25, -0.2) is 4.39 Å². The van der Waals surface area contributed by atoms with Gasteiger partial charge in [0.1, 0.15) is 17.0 Å². The molecule has 0 spiro atoms. The molecule has 0 saturated carbocycles. The fourth-order valence-corrected chi connectivity index (χ4v) is 5.69. The Morgan fingerprint density at radius 1 is 1.22 bits per heavy atom. The number of Topliss-reactive ketones (excluding diaryl/α,β-unsaturated/α-hetero) is 1. The van der Waals surface area contributed by atoms with Crippen molar-refractivity contribution in [2.24, 2.45) is 5.41 Å². The molecule has 0 amide bonds. The zero-order valence-corrected chi connectivity index (χ0v) is 22.3. The van der Waals surface area contributed by atoms with Crippen LogP contribution < -0.4 is 5.32 Å². The van der Waals surface area contributed by atoms with E-state index in [1.165, 1.54) is 6.07 Å². The molecule has 8 heteroatoms. The predicted molar refractivity (Wildman–Crippen MR) is 140 cm³/mol. The maximum absolute atomic E-state index is 15.5. The van der Waals surface area contributed by atoms with Crippen LogP contribution in [0.15, 0.2) is 42.5 Å². The number of carbonyl (C=O) groups is 1. The van der Waals surface area contributed by atoms with Crippen molar-refractivity contribution in [3.05, 3.63) is 69.5 Å². The summed E-state index contributed by atoms with van der Waals surface area (Å²) in [6, 6.07) is 12.4. The third-order valence-electron chi connectivity index (χ3n) is 6.86. The van der Waals surface area contributed by atoms with Crippen molar-refractivity contribution in [2.45, 2.75) is 76.0 Å². The fraction of sp³-hybridized carbons (Fsp3) is 0.500. The van der Waals surface area contributed by atoms with Gasteiger partial charge in [-0.15, -0.1) is 0 Å². The lowest BCUT2D eigenvalue weighted by atomic mass is 9.62. The Hall–Kier alpha value is -2.01. The van der Waals surface area contributed by atoms with Gasteiger partial charge in [0.15, 0.2) is 0 Å². The fourth-order valence-electron chi connectivity index (χ4n) is 5.34. The number of aliphatic hydroxyl groups excluding tert-OH is 2. The predicted octanol–water partition coefficient (Wildman–Crippen LogP) is 5.55. The average molecular weight is 535 g/mol. The zero-order valence-electron chi connectivity index (χ0n) is 20.8. The monoisotopic (exact) mass is 534 g/mol. The summed E-state index contributed by atoms with van der Waals surface area (Å²) in [5.74, 6) is -1.47. The van der Waals surface area contributed by atoms with Crippen LogP contribution in [0.2, 0.25) is 10.0 Å². The van der Waals surface area contributed by atoms with E-state index in [1.54, 1.807) is 30.3 Å². The largest absolute Gasteiger partial charge is 0.394 e. The molecule has 0 bridgehead atoms. The Morgan fingerprint density at radius 2 is 1.92 bits per heavy atom. The highest BCUT2D eigenvalue weighted by atomic mass is 35.5. The minimum Gasteiger partial charge on any atom is -0.394 e. The molecule has 0 aliphatic carbocycles. The van der Waals surface area contributed by atoms with Gasteiger partial charge in [-0.3, -0.25) is 4.79 Å². The van der Waals surface area contributed by atoms with Crippen molar-refractivity contribution >= 4 is 29.0 Å². The Morgan fingerprint density at radius 3 is 2.50 bits per heavy atom. The normalized spacial score (nSPS) is 24.9. The van der Waals surface area contributed by atoms with Crippen LogP contribution in [0.5, 0.6) is 0 Å². The lowest BCUT2D eigenvalue weighted by Gasteiger charge is -2.37. The van der Waals surface area contributed by atoms with E-state index < -0.39 is 35.3 Å². The molecule has 5 atom stereocenters. The molecule has 3 N–H and O–H groups in total. The molecule has 2 aromatic rings. The van der Waals surface area contributed by atoms with Crippen molar-refractivity contribution in [3.63, 3.8) is 0 Å². The number of benzene rings is 2. The van der Waals surface area contributed by atoms with Gasteiger partial charge < -0.3 is 15.5 Å². The summed E-state index contributed by atoms with van der Waals surface area (Å²) in [5, 5.41) is 33.7. The van der Waals surface area contributed by atoms with E-state index >= 15 is 4.39 Å². The Balaban J connectivity index is 2.19. The molecule has 0 aromatic heterocycles. The second-order valence-electron chi connectivity index (χ2n) is 10.8. The first-order valence-electron chi connectivity index (χ1n) is 12.1. The Bertz CT molecular complexity index is 1130. The van der Waals surface area contributed by atoms with Crippen molar-refractivity contribution in [2.75, 3.05) is 6.61 Å². The molecule has 1 saturated heterocycles. The first-order chi connectivity index (χ1) is 16.9. The third kappa shape index (κ3) is 6.10. The molecule has 1 aliphatic heterocycles. The molecule has 3 rings (SSSR count). The molecular formula is C28H33Cl2FN2O3. The van der Waals surface area contributed by atoms with Gasteiger partial charge in [-0.05, 0) is 54.5 Å². The highest BCUT2D eigenvalue weighted by molar-refractivity contribution is 6.30. The average Bonchev–Trinajstić information content (AvgIpc) is 3.12. The highest BCUT2D eigenvalue weighted by Gasteiger charge is 2.60. The molecule has 1 fully saturated rings. The van der Waals surface area contributed by atoms with Gasteiger partial charge in [0.2, 0.25) is 0 Å². The van der Waals surface area contributed by atoms with Gasteiger partial charge in [0.25, 0.3) is 0 Å². The van der Waals surface area contributed by atoms with E-state index in [0.29, 0.717) is 23.4 Å². The van der Waals surface area contributed by atoms with E-state index in [0.717, 1.165) is 0 Å². The first-order valence-corrected chi connectivity index (χ1v) is 12.9. The third-order valence-corrected chi connectivity index (χ3v) is 7.33. The molecule has 5 nitrogen and oxygen atoms in total. The van der Waals surface area contributed by atoms with E-state index in [1.807, 2.05) is 26.8 Å². The van der Waals surface area contributed by atoms with Gasteiger partial charge in [0.05, 0.1) is 24.8 Å². The van der Waals surface area contributed by atoms with Crippen LogP contribution in [-0.4, -0.2) is 40.8 Å². The van der Waals surface area contributed by atoms with Gasteiger partial charge in [-0.1, -0.05) is 62.2 Å². The number of nitrogens with one attached hydrogen (secondary N) is 1. The van der Waals surface area contributed by atoms with Crippen molar-refractivity contribution in [1.82, 2.24) is 5.32 Å². The second kappa shape index (κ2) is 11.6. The molecule has 0 radical (unpaired) electrons. The van der Waals surface area contributed by atoms with Crippen molar-refractivity contribution < 1.29 is 19.4 Å². The maximum Gasteiger partial charge on any atom is 0.150 e. The second-order valence-corrected chi connectivity index (χ2v) is 11.7. The minimum absolute atomic E-state index is 0.138. The number of hydrogen-bond acceptors (Lipinski definition) is 5. The van der Waals surface area contributed by atoms with Crippen LogP contribution in [0.25, 0.3) is 0 Å². The Kier molecular flexibility index (Phi) is 9.19. The molecular weight excluding hydrogens is 502 g/mol. The van der Waals surface area contributed by atoms with Gasteiger partial charge >= 0.3 is 0 Å². The molecule has 194 valence electrons. The lowest BCUT2D eigenvalue weighted by Crippen LogP contribution is -2.44. The van der Waals surface area contributed by atoms with Crippen LogP contribution in [0.1, 0.15) is 63.5 Å². The zero-order chi connectivity index (χ0) is 26.7. The van der Waals surface area contributed by atoms with E-state index in [2.05, 4.69) is 11.4 Å². The summed E-state index contributed by atoms with van der Waals surface area (Å²) in [7, 11) is 0. The van der Waals surface area contributed by atoms with Crippen LogP contribution in [0, 0.1) is 22.6 Å². The van der Waals surface area contributed by atoms with Crippen LogP contribution >= 0.6 is 23.2 Å². The van der Waals surface area contributed by atoms with Crippen LogP contribution in [0.4, 0.5) is 4.39 Å². The Labute approximate surface area is 222 Å². The number of rotatable bonds is 9. The summed E-state index contributed by atoms with van der Waals surface area (Å²) >= 11 is 12.4. The first kappa shape index (κ1) is 28.6. The minimum atomic E-state index is -1.42. The summed E-state index contributed by atoms with van der Waals surface area (Å²) in [4.78, 5) is 13.6. The van der Waals surface area contributed by atoms with Gasteiger partial charge in [0, 0.05) is 34.0 Å². The maximum atomic E-state index is 15.5. The number of halogens is 3. The highest BCUT2D eigenvalue weighted by Crippen LogP contribution is 2.52. The molecule has 1 aliphatic rings. The smallest absolute Gasteiger partial charge is 0.150 e. The molecule has 0 unspecified atom stereocenters. The van der Waals surface area contributed by atoms with Crippen molar-refractivity contribution in [3.8, 4) is 6.07 Å². The van der Waals surface area contributed by atoms with E-state index in [9.17, 15) is 15.2 Å². The number of nitriles is 1. The van der Waals surface area contributed by atoms with Gasteiger partial charge in [-0.2, -0.15) is 5.26 Å². The summed E-state index contributed by atoms with van der Waals surface area (Å²) < 4.78 is 15.5.